The first-order chi connectivity index (χ1) is 6.43. The Morgan fingerprint density at radius 2 is 2.15 bits per heavy atom. The van der Waals surface area contributed by atoms with E-state index >= 15 is 0 Å². The fourth-order valence-corrected chi connectivity index (χ4v) is 2.72. The molecule has 2 aliphatic carbocycles. The largest absolute Gasteiger partial charge is 0.261 e. The fraction of sp³-hybridized carbons (Fsp3) is 0.417. The number of nitrogens with zero attached hydrogens (tertiary/aromatic N) is 1. The molecule has 1 nitrogen and oxygen atoms in total. The second-order valence-electron chi connectivity index (χ2n) is 4.14. The van der Waals surface area contributed by atoms with Gasteiger partial charge in [-0.2, -0.15) is 0 Å². The van der Waals surface area contributed by atoms with E-state index in [0.29, 0.717) is 5.92 Å². The lowest BCUT2D eigenvalue weighted by molar-refractivity contribution is 0.570. The molecule has 0 amide bonds. The van der Waals surface area contributed by atoms with Gasteiger partial charge in [-0.1, -0.05) is 18.2 Å². The van der Waals surface area contributed by atoms with Gasteiger partial charge in [-0.3, -0.25) is 4.98 Å². The normalized spacial score (nSPS) is 35.5. The van der Waals surface area contributed by atoms with Gasteiger partial charge in [0.25, 0.3) is 0 Å². The van der Waals surface area contributed by atoms with Crippen LogP contribution in [0.25, 0.3) is 0 Å². The predicted molar refractivity (Wildman–Crippen MR) is 52.3 cm³/mol. The molecule has 13 heavy (non-hydrogen) atoms. The van der Waals surface area contributed by atoms with Crippen molar-refractivity contribution < 1.29 is 0 Å². The van der Waals surface area contributed by atoms with E-state index < -0.39 is 0 Å². The maximum Gasteiger partial charge on any atom is 0.0440 e. The van der Waals surface area contributed by atoms with Gasteiger partial charge in [0, 0.05) is 17.8 Å². The molecule has 1 heterocycles. The van der Waals surface area contributed by atoms with Gasteiger partial charge in [-0.25, -0.2) is 0 Å². The highest BCUT2D eigenvalue weighted by Crippen LogP contribution is 2.47. The number of aromatic nitrogens is 1. The second-order valence-corrected chi connectivity index (χ2v) is 4.14. The lowest BCUT2D eigenvalue weighted by Gasteiger charge is -2.16. The summed E-state index contributed by atoms with van der Waals surface area (Å²) >= 11 is 0. The third-order valence-corrected chi connectivity index (χ3v) is 3.35. The third-order valence-electron chi connectivity index (χ3n) is 3.35. The zero-order valence-electron chi connectivity index (χ0n) is 7.56. The van der Waals surface area contributed by atoms with Crippen LogP contribution >= 0.6 is 0 Å². The van der Waals surface area contributed by atoms with E-state index in [0.717, 1.165) is 11.8 Å². The van der Waals surface area contributed by atoms with Crippen LogP contribution in [-0.4, -0.2) is 4.98 Å². The van der Waals surface area contributed by atoms with Gasteiger partial charge in [-0.15, -0.1) is 0 Å². The Hall–Kier alpha value is -1.11. The molecule has 0 radical (unpaired) electrons. The van der Waals surface area contributed by atoms with Crippen molar-refractivity contribution in [1.29, 1.82) is 0 Å². The number of hydrogen-bond acceptors (Lipinski definition) is 1. The summed E-state index contributed by atoms with van der Waals surface area (Å²) in [4.78, 5) is 4.45. The quantitative estimate of drug-likeness (QED) is 0.592. The Kier molecular flexibility index (Phi) is 1.51. The van der Waals surface area contributed by atoms with Crippen molar-refractivity contribution >= 4 is 0 Å². The fourth-order valence-electron chi connectivity index (χ4n) is 2.72. The van der Waals surface area contributed by atoms with Crippen LogP contribution < -0.4 is 0 Å². The van der Waals surface area contributed by atoms with Crippen molar-refractivity contribution in [3.63, 3.8) is 0 Å². The zero-order chi connectivity index (χ0) is 8.67. The predicted octanol–water partition coefficient (Wildman–Crippen LogP) is 2.76. The minimum Gasteiger partial charge on any atom is -0.261 e. The first-order valence-corrected chi connectivity index (χ1v) is 5.03. The first kappa shape index (κ1) is 7.31. The summed E-state index contributed by atoms with van der Waals surface area (Å²) in [5.41, 5.74) is 1.29. The van der Waals surface area contributed by atoms with Gasteiger partial charge >= 0.3 is 0 Å². The maximum absolute atomic E-state index is 4.45. The number of allylic oxidation sites excluding steroid dienone is 2. The van der Waals surface area contributed by atoms with Crippen molar-refractivity contribution in [2.24, 2.45) is 11.8 Å². The van der Waals surface area contributed by atoms with Crippen LogP contribution in [0.4, 0.5) is 0 Å². The van der Waals surface area contributed by atoms with Crippen molar-refractivity contribution in [2.45, 2.75) is 18.8 Å². The summed E-state index contributed by atoms with van der Waals surface area (Å²) in [6.07, 6.45) is 9.35. The van der Waals surface area contributed by atoms with Crippen molar-refractivity contribution in [1.82, 2.24) is 4.98 Å². The topological polar surface area (TPSA) is 12.9 Å². The summed E-state index contributed by atoms with van der Waals surface area (Å²) in [6, 6.07) is 6.25. The molecule has 2 bridgehead atoms. The summed E-state index contributed by atoms with van der Waals surface area (Å²) in [6.45, 7) is 0. The Labute approximate surface area is 78.5 Å². The van der Waals surface area contributed by atoms with E-state index in [9.17, 15) is 0 Å². The smallest absolute Gasteiger partial charge is 0.0440 e. The molecule has 1 aromatic heterocycles. The standard InChI is InChI=1S/C12H13N/c1-2-6-13-12(3-1)11-8-9-4-5-10(11)7-9/h1-6,9-11H,7-8H2. The highest BCUT2D eigenvalue weighted by Gasteiger charge is 2.36. The summed E-state index contributed by atoms with van der Waals surface area (Å²) in [5, 5.41) is 0. The SMILES string of the molecule is C1=CC2CC1CC2c1ccccn1. The highest BCUT2D eigenvalue weighted by atomic mass is 14.7. The van der Waals surface area contributed by atoms with Crippen LogP contribution in [0.3, 0.4) is 0 Å². The van der Waals surface area contributed by atoms with E-state index in [2.05, 4.69) is 29.3 Å². The third kappa shape index (κ3) is 1.11. The highest BCUT2D eigenvalue weighted by molar-refractivity contribution is 5.21. The molecule has 0 spiro atoms. The number of pyridine rings is 1. The molecule has 0 aromatic carbocycles. The monoisotopic (exact) mass is 171 g/mol. The van der Waals surface area contributed by atoms with Crippen LogP contribution in [0.1, 0.15) is 24.5 Å². The molecule has 3 atom stereocenters. The molecule has 66 valence electrons. The zero-order valence-corrected chi connectivity index (χ0v) is 7.56. The molecule has 1 aromatic rings. The average Bonchev–Trinajstić information content (AvgIpc) is 2.80. The van der Waals surface area contributed by atoms with E-state index in [4.69, 9.17) is 0 Å². The summed E-state index contributed by atoms with van der Waals surface area (Å²) in [7, 11) is 0. The van der Waals surface area contributed by atoms with Crippen LogP contribution in [0.15, 0.2) is 36.5 Å². The number of hydrogen-bond donors (Lipinski definition) is 0. The van der Waals surface area contributed by atoms with E-state index in [1.165, 1.54) is 18.5 Å². The molecule has 2 aliphatic rings. The molecule has 3 unspecified atom stereocenters. The molecule has 0 saturated heterocycles. The van der Waals surface area contributed by atoms with Gasteiger partial charge in [0.2, 0.25) is 0 Å². The van der Waals surface area contributed by atoms with E-state index in [1.54, 1.807) is 0 Å². The molecule has 3 rings (SSSR count). The minimum absolute atomic E-state index is 0.705. The molecule has 1 saturated carbocycles. The van der Waals surface area contributed by atoms with E-state index in [-0.39, 0.29) is 0 Å². The Morgan fingerprint density at radius 3 is 2.77 bits per heavy atom. The molecular weight excluding hydrogens is 158 g/mol. The Morgan fingerprint density at radius 1 is 1.15 bits per heavy atom. The first-order valence-electron chi connectivity index (χ1n) is 5.03. The van der Waals surface area contributed by atoms with Gasteiger partial charge in [0.15, 0.2) is 0 Å². The lowest BCUT2D eigenvalue weighted by atomic mass is 9.90. The van der Waals surface area contributed by atoms with Gasteiger partial charge < -0.3 is 0 Å². The van der Waals surface area contributed by atoms with Crippen molar-refractivity contribution in [3.8, 4) is 0 Å². The van der Waals surface area contributed by atoms with Gasteiger partial charge in [0.1, 0.15) is 0 Å². The van der Waals surface area contributed by atoms with Crippen LogP contribution in [-0.2, 0) is 0 Å². The summed E-state index contributed by atoms with van der Waals surface area (Å²) < 4.78 is 0. The van der Waals surface area contributed by atoms with Crippen LogP contribution in [0.2, 0.25) is 0 Å². The summed E-state index contributed by atoms with van der Waals surface area (Å²) in [5.74, 6) is 2.33. The van der Waals surface area contributed by atoms with Crippen LogP contribution in [0, 0.1) is 11.8 Å². The average molecular weight is 171 g/mol. The number of rotatable bonds is 1. The second kappa shape index (κ2) is 2.69. The van der Waals surface area contributed by atoms with Gasteiger partial charge in [0.05, 0.1) is 0 Å². The lowest BCUT2D eigenvalue weighted by Crippen LogP contribution is -2.06. The number of fused-ring (bicyclic) bond motifs is 2. The minimum atomic E-state index is 0.705. The molecule has 1 fully saturated rings. The van der Waals surface area contributed by atoms with Crippen LogP contribution in [0.5, 0.6) is 0 Å². The molecular formula is C12H13N. The Balaban J connectivity index is 1.92. The maximum atomic E-state index is 4.45. The van der Waals surface area contributed by atoms with Gasteiger partial charge in [-0.05, 0) is 36.8 Å². The van der Waals surface area contributed by atoms with Crippen molar-refractivity contribution in [3.05, 3.63) is 42.2 Å². The Bertz CT molecular complexity index is 328. The van der Waals surface area contributed by atoms with E-state index in [1.807, 2.05) is 12.3 Å². The van der Waals surface area contributed by atoms with Crippen molar-refractivity contribution in [2.75, 3.05) is 0 Å². The molecule has 1 heteroatoms. The molecule has 0 N–H and O–H groups in total. The molecule has 0 aliphatic heterocycles.